The number of aromatic nitrogens is 3. The van der Waals surface area contributed by atoms with Crippen LogP contribution in [0.4, 0.5) is 0 Å². The zero-order valence-corrected chi connectivity index (χ0v) is 10.8. The van der Waals surface area contributed by atoms with E-state index in [0.717, 1.165) is 30.6 Å². The molecule has 5 heteroatoms. The Morgan fingerprint density at radius 2 is 2.05 bits per heavy atom. The molecule has 1 fully saturated rings. The summed E-state index contributed by atoms with van der Waals surface area (Å²) in [5.41, 5.74) is 1.34. The zero-order valence-electron chi connectivity index (χ0n) is 10.8. The molecule has 5 nitrogen and oxygen atoms in total. The average Bonchev–Trinajstić information content (AvgIpc) is 2.87. The molecule has 0 atom stereocenters. The van der Waals surface area contributed by atoms with Crippen LogP contribution in [0, 0.1) is 0 Å². The molecule has 1 heterocycles. The van der Waals surface area contributed by atoms with Gasteiger partial charge >= 0.3 is 0 Å². The normalized spacial score (nSPS) is 17.1. The van der Waals surface area contributed by atoms with Gasteiger partial charge in [-0.05, 0) is 31.4 Å². The van der Waals surface area contributed by atoms with Crippen molar-refractivity contribution in [3.8, 4) is 5.69 Å². The van der Waals surface area contributed by atoms with Gasteiger partial charge < -0.3 is 10.4 Å². The Hall–Kier alpha value is -1.72. The van der Waals surface area contributed by atoms with E-state index in [2.05, 4.69) is 15.5 Å². The van der Waals surface area contributed by atoms with Gasteiger partial charge in [-0.15, -0.1) is 0 Å². The van der Waals surface area contributed by atoms with E-state index in [4.69, 9.17) is 0 Å². The number of hydrogen-bond donors (Lipinski definition) is 2. The molecule has 1 aliphatic carbocycles. The van der Waals surface area contributed by atoms with E-state index in [1.54, 1.807) is 11.0 Å². The van der Waals surface area contributed by atoms with Gasteiger partial charge in [0.1, 0.15) is 0 Å². The van der Waals surface area contributed by atoms with Crippen LogP contribution < -0.4 is 5.32 Å². The molecule has 100 valence electrons. The molecule has 19 heavy (non-hydrogen) atoms. The molecule has 0 bridgehead atoms. The van der Waals surface area contributed by atoms with Crippen LogP contribution in [0.5, 0.6) is 0 Å². The summed E-state index contributed by atoms with van der Waals surface area (Å²) in [5.74, 6) is 0. The lowest BCUT2D eigenvalue weighted by molar-refractivity contribution is -0.0315. The van der Waals surface area contributed by atoms with Gasteiger partial charge in [-0.2, -0.15) is 15.0 Å². The van der Waals surface area contributed by atoms with E-state index in [1.807, 2.05) is 30.3 Å². The summed E-state index contributed by atoms with van der Waals surface area (Å²) >= 11 is 0. The maximum Gasteiger partial charge on any atom is 0.0969 e. The third-order valence-corrected chi connectivity index (χ3v) is 3.57. The first-order valence-electron chi connectivity index (χ1n) is 6.65. The molecular formula is C14H18N4O. The van der Waals surface area contributed by atoms with Crippen molar-refractivity contribution >= 4 is 0 Å². The number of hydrogen-bond acceptors (Lipinski definition) is 4. The van der Waals surface area contributed by atoms with Crippen molar-refractivity contribution in [2.75, 3.05) is 6.54 Å². The Balaban J connectivity index is 1.56. The maximum absolute atomic E-state index is 9.97. The summed E-state index contributed by atoms with van der Waals surface area (Å²) in [5, 5.41) is 21.9. The van der Waals surface area contributed by atoms with Crippen molar-refractivity contribution in [2.45, 2.75) is 31.4 Å². The van der Waals surface area contributed by atoms with Crippen LogP contribution >= 0.6 is 0 Å². The second-order valence-corrected chi connectivity index (χ2v) is 5.14. The van der Waals surface area contributed by atoms with Crippen LogP contribution in [0.1, 0.15) is 25.0 Å². The largest absolute Gasteiger partial charge is 0.389 e. The fraction of sp³-hybridized carbons (Fsp3) is 0.429. The molecule has 1 aromatic heterocycles. The molecule has 0 radical (unpaired) electrons. The highest BCUT2D eigenvalue weighted by atomic mass is 16.3. The Bertz CT molecular complexity index is 533. The fourth-order valence-electron chi connectivity index (χ4n) is 2.25. The monoisotopic (exact) mass is 258 g/mol. The Kier molecular flexibility index (Phi) is 3.31. The summed E-state index contributed by atoms with van der Waals surface area (Å²) in [6.07, 6.45) is 4.68. The first kappa shape index (κ1) is 12.3. The van der Waals surface area contributed by atoms with Gasteiger partial charge in [-0.1, -0.05) is 18.2 Å². The van der Waals surface area contributed by atoms with E-state index < -0.39 is 5.60 Å². The number of nitrogens with zero attached hydrogens (tertiary/aromatic N) is 3. The van der Waals surface area contributed by atoms with Crippen molar-refractivity contribution in [1.29, 1.82) is 0 Å². The number of benzene rings is 1. The van der Waals surface area contributed by atoms with Gasteiger partial charge in [0.2, 0.25) is 0 Å². The average molecular weight is 258 g/mol. The molecular weight excluding hydrogens is 240 g/mol. The molecule has 0 unspecified atom stereocenters. The van der Waals surface area contributed by atoms with E-state index >= 15 is 0 Å². The lowest BCUT2D eigenvalue weighted by atomic mass is 9.80. The molecule has 3 rings (SSSR count). The number of rotatable bonds is 5. The SMILES string of the molecule is OC1(CNCc2cnn(-c3ccccc3)n2)CCC1. The van der Waals surface area contributed by atoms with E-state index in [-0.39, 0.29) is 0 Å². The smallest absolute Gasteiger partial charge is 0.0969 e. The summed E-state index contributed by atoms with van der Waals surface area (Å²) in [6.45, 7) is 1.26. The highest BCUT2D eigenvalue weighted by molar-refractivity contribution is 5.28. The molecule has 1 saturated carbocycles. The van der Waals surface area contributed by atoms with E-state index in [1.165, 1.54) is 0 Å². The third kappa shape index (κ3) is 2.83. The topological polar surface area (TPSA) is 63.0 Å². The summed E-state index contributed by atoms with van der Waals surface area (Å²) in [7, 11) is 0. The van der Waals surface area contributed by atoms with Crippen molar-refractivity contribution in [3.05, 3.63) is 42.2 Å². The van der Waals surface area contributed by atoms with E-state index in [0.29, 0.717) is 13.1 Å². The molecule has 0 amide bonds. The Morgan fingerprint density at radius 1 is 1.26 bits per heavy atom. The van der Waals surface area contributed by atoms with Crippen LogP contribution in [0.15, 0.2) is 36.5 Å². The van der Waals surface area contributed by atoms with Gasteiger partial charge in [0, 0.05) is 13.1 Å². The van der Waals surface area contributed by atoms with Crippen LogP contribution in [-0.2, 0) is 6.54 Å². The minimum absolute atomic E-state index is 0.491. The minimum atomic E-state index is -0.491. The van der Waals surface area contributed by atoms with E-state index in [9.17, 15) is 5.11 Å². The van der Waals surface area contributed by atoms with Crippen LogP contribution in [0.25, 0.3) is 5.69 Å². The van der Waals surface area contributed by atoms with Crippen molar-refractivity contribution < 1.29 is 5.11 Å². The lowest BCUT2D eigenvalue weighted by Crippen LogP contribution is -2.46. The Morgan fingerprint density at radius 3 is 2.74 bits per heavy atom. The lowest BCUT2D eigenvalue weighted by Gasteiger charge is -2.36. The van der Waals surface area contributed by atoms with Crippen molar-refractivity contribution in [3.63, 3.8) is 0 Å². The van der Waals surface area contributed by atoms with Gasteiger partial charge in [0.05, 0.1) is 23.2 Å². The van der Waals surface area contributed by atoms with Gasteiger partial charge in [0.25, 0.3) is 0 Å². The zero-order chi connectivity index (χ0) is 13.1. The van der Waals surface area contributed by atoms with Crippen LogP contribution in [-0.4, -0.2) is 32.2 Å². The fourth-order valence-corrected chi connectivity index (χ4v) is 2.25. The summed E-state index contributed by atoms with van der Waals surface area (Å²) in [6, 6.07) is 9.82. The second-order valence-electron chi connectivity index (χ2n) is 5.14. The first-order valence-corrected chi connectivity index (χ1v) is 6.65. The summed E-state index contributed by atoms with van der Waals surface area (Å²) < 4.78 is 0. The molecule has 0 saturated heterocycles. The van der Waals surface area contributed by atoms with Crippen LogP contribution in [0.2, 0.25) is 0 Å². The minimum Gasteiger partial charge on any atom is -0.389 e. The maximum atomic E-state index is 9.97. The van der Waals surface area contributed by atoms with Crippen molar-refractivity contribution in [1.82, 2.24) is 20.3 Å². The Labute approximate surface area is 112 Å². The molecule has 0 spiro atoms. The van der Waals surface area contributed by atoms with Crippen LogP contribution in [0.3, 0.4) is 0 Å². The predicted molar refractivity (Wildman–Crippen MR) is 71.9 cm³/mol. The molecule has 2 aromatic rings. The highest BCUT2D eigenvalue weighted by Crippen LogP contribution is 2.30. The molecule has 0 aliphatic heterocycles. The quantitative estimate of drug-likeness (QED) is 0.848. The number of nitrogens with one attached hydrogen (secondary N) is 1. The van der Waals surface area contributed by atoms with Gasteiger partial charge in [-0.25, -0.2) is 0 Å². The van der Waals surface area contributed by atoms with Crippen molar-refractivity contribution in [2.24, 2.45) is 0 Å². The standard InChI is InChI=1S/C14H18N4O/c19-14(7-4-8-14)11-15-9-12-10-16-18(17-12)13-5-2-1-3-6-13/h1-3,5-6,10,15,19H,4,7-9,11H2. The predicted octanol–water partition coefficient (Wildman–Crippen LogP) is 1.27. The summed E-state index contributed by atoms with van der Waals surface area (Å²) in [4.78, 5) is 1.62. The molecule has 1 aliphatic rings. The second kappa shape index (κ2) is 5.11. The number of aliphatic hydroxyl groups is 1. The molecule has 1 aromatic carbocycles. The highest BCUT2D eigenvalue weighted by Gasteiger charge is 2.33. The number of para-hydroxylation sites is 1. The van der Waals surface area contributed by atoms with Gasteiger partial charge in [0.15, 0.2) is 0 Å². The van der Waals surface area contributed by atoms with Gasteiger partial charge in [-0.3, -0.25) is 0 Å². The first-order chi connectivity index (χ1) is 9.25. The third-order valence-electron chi connectivity index (χ3n) is 3.57. The molecule has 2 N–H and O–H groups in total.